The lowest BCUT2D eigenvalue weighted by Crippen LogP contribution is -2.82. The van der Waals surface area contributed by atoms with Gasteiger partial charge in [0.1, 0.15) is 12.6 Å². The molecular formula is C14H20N5OS2+. The van der Waals surface area contributed by atoms with Gasteiger partial charge in [-0.15, -0.1) is 10.2 Å². The fourth-order valence-corrected chi connectivity index (χ4v) is 4.00. The monoisotopic (exact) mass is 338 g/mol. The van der Waals surface area contributed by atoms with E-state index in [0.29, 0.717) is 5.13 Å². The van der Waals surface area contributed by atoms with E-state index >= 15 is 0 Å². The Morgan fingerprint density at radius 1 is 1.36 bits per heavy atom. The van der Waals surface area contributed by atoms with Gasteiger partial charge in [-0.05, 0) is 24.3 Å². The van der Waals surface area contributed by atoms with E-state index in [4.69, 9.17) is 10.5 Å². The third-order valence-corrected chi connectivity index (χ3v) is 5.52. The van der Waals surface area contributed by atoms with Gasteiger partial charge >= 0.3 is 0 Å². The molecule has 118 valence electrons. The number of nitrogens with two attached hydrogens (primary N) is 2. The molecule has 0 radical (unpaired) electrons. The molecule has 0 spiro atoms. The predicted octanol–water partition coefficient (Wildman–Crippen LogP) is 0.939. The summed E-state index contributed by atoms with van der Waals surface area (Å²) in [6.07, 6.45) is 0.301. The van der Waals surface area contributed by atoms with E-state index in [9.17, 15) is 0 Å². The van der Waals surface area contributed by atoms with E-state index in [1.807, 2.05) is 14.1 Å². The summed E-state index contributed by atoms with van der Waals surface area (Å²) in [5.41, 5.74) is 7.99. The van der Waals surface area contributed by atoms with Crippen molar-refractivity contribution in [3.05, 3.63) is 29.8 Å². The standard InChI is InChI=1S/C14H19N5OS2/c1-19(2)10-5-3-9(4-6-10)12-16-7-11(20-12)8-21-14-18-17-13(15)22-14/h3-6,11-12,16H,7-8H2,1-2H3,(H2,15,17)/p+1/t11-,12-/m0/s1. The van der Waals surface area contributed by atoms with Crippen molar-refractivity contribution in [1.82, 2.24) is 10.2 Å². The second kappa shape index (κ2) is 6.82. The van der Waals surface area contributed by atoms with Crippen LogP contribution in [0.1, 0.15) is 11.8 Å². The zero-order chi connectivity index (χ0) is 15.5. The highest BCUT2D eigenvalue weighted by Crippen LogP contribution is 2.26. The molecule has 1 fully saturated rings. The van der Waals surface area contributed by atoms with Crippen LogP contribution in [0.2, 0.25) is 0 Å². The molecule has 1 saturated heterocycles. The van der Waals surface area contributed by atoms with Gasteiger partial charge in [0.15, 0.2) is 4.34 Å². The van der Waals surface area contributed by atoms with E-state index in [1.54, 1.807) is 11.8 Å². The van der Waals surface area contributed by atoms with Crippen molar-refractivity contribution >= 4 is 33.9 Å². The van der Waals surface area contributed by atoms with E-state index in [1.165, 1.54) is 22.6 Å². The van der Waals surface area contributed by atoms with Crippen LogP contribution in [0.15, 0.2) is 28.6 Å². The summed E-state index contributed by atoms with van der Waals surface area (Å²) in [6, 6.07) is 8.52. The molecule has 2 heterocycles. The van der Waals surface area contributed by atoms with Crippen LogP contribution < -0.4 is 16.0 Å². The van der Waals surface area contributed by atoms with E-state index in [0.717, 1.165) is 16.6 Å². The molecule has 3 rings (SSSR count). The average molecular weight is 338 g/mol. The molecule has 4 N–H and O–H groups in total. The average Bonchev–Trinajstić information content (AvgIpc) is 3.14. The number of anilines is 2. The Labute approximate surface area is 138 Å². The van der Waals surface area contributed by atoms with Gasteiger partial charge in [0, 0.05) is 31.1 Å². The number of hydrogen-bond donors (Lipinski definition) is 2. The summed E-state index contributed by atoms with van der Waals surface area (Å²) in [5.74, 6) is 0.872. The molecular weight excluding hydrogens is 318 g/mol. The maximum absolute atomic E-state index is 6.11. The Balaban J connectivity index is 1.53. The molecule has 0 amide bonds. The molecule has 2 atom stereocenters. The smallest absolute Gasteiger partial charge is 0.217 e. The molecule has 2 aromatic rings. The van der Waals surface area contributed by atoms with E-state index < -0.39 is 0 Å². The van der Waals surface area contributed by atoms with Crippen LogP contribution in [0.5, 0.6) is 0 Å². The SMILES string of the molecule is CN(C)c1ccc([C@H]2[NH2+]C[C@@H](CSc3nnc(N)s3)O2)cc1. The van der Waals surface area contributed by atoms with Crippen LogP contribution in [0.25, 0.3) is 0 Å². The normalized spacial score (nSPS) is 21.2. The molecule has 0 aliphatic carbocycles. The number of hydrogen-bond acceptors (Lipinski definition) is 7. The molecule has 8 heteroatoms. The largest absolute Gasteiger partial charge is 0.378 e. The molecule has 0 unspecified atom stereocenters. The third kappa shape index (κ3) is 3.70. The Bertz CT molecular complexity index is 616. The number of nitrogen functional groups attached to an aromatic ring is 1. The summed E-state index contributed by atoms with van der Waals surface area (Å²) in [5, 5.41) is 10.6. The first-order valence-electron chi connectivity index (χ1n) is 7.09. The first-order chi connectivity index (χ1) is 10.6. The summed E-state index contributed by atoms with van der Waals surface area (Å²) < 4.78 is 7.01. The molecule has 0 bridgehead atoms. The summed E-state index contributed by atoms with van der Waals surface area (Å²) in [6.45, 7) is 0.960. The lowest BCUT2D eigenvalue weighted by atomic mass is 10.2. The summed E-state index contributed by atoms with van der Waals surface area (Å²) >= 11 is 3.08. The zero-order valence-corrected chi connectivity index (χ0v) is 14.2. The number of nitrogens with zero attached hydrogens (tertiary/aromatic N) is 3. The lowest BCUT2D eigenvalue weighted by molar-refractivity contribution is -0.697. The fraction of sp³-hybridized carbons (Fsp3) is 0.429. The molecule has 1 aliphatic heterocycles. The topological polar surface area (TPSA) is 80.9 Å². The van der Waals surface area contributed by atoms with Crippen molar-refractivity contribution in [2.45, 2.75) is 16.7 Å². The first-order valence-corrected chi connectivity index (χ1v) is 8.90. The number of aromatic nitrogens is 2. The highest BCUT2D eigenvalue weighted by molar-refractivity contribution is 8.01. The Morgan fingerprint density at radius 3 is 2.77 bits per heavy atom. The molecule has 0 saturated carbocycles. The van der Waals surface area contributed by atoms with Crippen LogP contribution in [-0.4, -0.2) is 42.7 Å². The molecule has 1 aliphatic rings. The number of ether oxygens (including phenoxy) is 1. The van der Waals surface area contributed by atoms with E-state index in [-0.39, 0.29) is 12.3 Å². The third-order valence-electron chi connectivity index (χ3n) is 3.50. The number of benzene rings is 1. The van der Waals surface area contributed by atoms with Gasteiger partial charge in [-0.1, -0.05) is 23.1 Å². The minimum absolute atomic E-state index is 0.0845. The van der Waals surface area contributed by atoms with Gasteiger partial charge in [0.25, 0.3) is 0 Å². The number of rotatable bonds is 5. The summed E-state index contributed by atoms with van der Waals surface area (Å²) in [7, 11) is 4.08. The van der Waals surface area contributed by atoms with Gasteiger partial charge < -0.3 is 20.7 Å². The summed E-state index contributed by atoms with van der Waals surface area (Å²) in [4.78, 5) is 2.09. The Hall–Kier alpha value is -1.35. The van der Waals surface area contributed by atoms with Crippen LogP contribution in [0, 0.1) is 0 Å². The highest BCUT2D eigenvalue weighted by atomic mass is 32.2. The zero-order valence-electron chi connectivity index (χ0n) is 12.6. The van der Waals surface area contributed by atoms with Gasteiger partial charge in [0.2, 0.25) is 11.4 Å². The van der Waals surface area contributed by atoms with Crippen LogP contribution in [0.3, 0.4) is 0 Å². The first kappa shape index (κ1) is 15.5. The van der Waals surface area contributed by atoms with Crippen molar-refractivity contribution in [3.8, 4) is 0 Å². The highest BCUT2D eigenvalue weighted by Gasteiger charge is 2.30. The van der Waals surface area contributed by atoms with Gasteiger partial charge in [-0.2, -0.15) is 0 Å². The van der Waals surface area contributed by atoms with Gasteiger partial charge in [0.05, 0.1) is 0 Å². The van der Waals surface area contributed by atoms with Gasteiger partial charge in [-0.25, -0.2) is 0 Å². The molecule has 1 aromatic heterocycles. The fourth-order valence-electron chi connectivity index (χ4n) is 2.32. The predicted molar refractivity (Wildman–Crippen MR) is 90.2 cm³/mol. The van der Waals surface area contributed by atoms with Crippen molar-refractivity contribution in [3.63, 3.8) is 0 Å². The quantitative estimate of drug-likeness (QED) is 0.790. The van der Waals surface area contributed by atoms with E-state index in [2.05, 4.69) is 44.7 Å². The van der Waals surface area contributed by atoms with Crippen molar-refractivity contribution in [1.29, 1.82) is 0 Å². The lowest BCUT2D eigenvalue weighted by Gasteiger charge is -2.14. The minimum Gasteiger partial charge on any atom is -0.378 e. The minimum atomic E-state index is 0.0845. The molecule has 6 nitrogen and oxygen atoms in total. The van der Waals surface area contributed by atoms with Crippen molar-refractivity contribution in [2.75, 3.05) is 37.0 Å². The van der Waals surface area contributed by atoms with Gasteiger partial charge in [-0.3, -0.25) is 0 Å². The van der Waals surface area contributed by atoms with Crippen molar-refractivity contribution in [2.24, 2.45) is 0 Å². The second-order valence-electron chi connectivity index (χ2n) is 5.35. The second-order valence-corrected chi connectivity index (χ2v) is 7.63. The van der Waals surface area contributed by atoms with Crippen LogP contribution in [0.4, 0.5) is 10.8 Å². The molecule has 1 aromatic carbocycles. The number of thioether (sulfide) groups is 1. The number of quaternary nitrogens is 1. The van der Waals surface area contributed by atoms with Crippen LogP contribution >= 0.6 is 23.1 Å². The van der Waals surface area contributed by atoms with Crippen molar-refractivity contribution < 1.29 is 10.1 Å². The molecule has 22 heavy (non-hydrogen) atoms. The maximum Gasteiger partial charge on any atom is 0.217 e. The van der Waals surface area contributed by atoms with Crippen LogP contribution in [-0.2, 0) is 4.74 Å². The maximum atomic E-state index is 6.11. The Morgan fingerprint density at radius 2 is 2.14 bits per heavy atom. The Kier molecular flexibility index (Phi) is 4.82.